The number of hydrogen-bond acceptors (Lipinski definition) is 4. The van der Waals surface area contributed by atoms with Crippen molar-refractivity contribution >= 4 is 17.3 Å². The predicted octanol–water partition coefficient (Wildman–Crippen LogP) is 2.56. The molecule has 5 nitrogen and oxygen atoms in total. The number of nitrogens with two attached hydrogens (primary N) is 1. The Balaban J connectivity index is 3.03. The van der Waals surface area contributed by atoms with Crippen molar-refractivity contribution in [3.05, 3.63) is 33.1 Å². The maximum atomic E-state index is 10.9. The summed E-state index contributed by atoms with van der Waals surface area (Å²) in [6.07, 6.45) is 1.76. The summed E-state index contributed by atoms with van der Waals surface area (Å²) < 4.78 is 0. The second-order valence-corrected chi connectivity index (χ2v) is 5.49. The molecule has 0 amide bonds. The second kappa shape index (κ2) is 4.98. The van der Waals surface area contributed by atoms with Gasteiger partial charge in [-0.05, 0) is 5.41 Å². The molecule has 6 heteroatoms. The number of pyridine rings is 1. The molecule has 1 aromatic heterocycles. The zero-order valence-corrected chi connectivity index (χ0v) is 10.9. The van der Waals surface area contributed by atoms with Crippen molar-refractivity contribution in [2.24, 2.45) is 11.1 Å². The van der Waals surface area contributed by atoms with E-state index in [1.54, 1.807) is 0 Å². The van der Waals surface area contributed by atoms with Crippen molar-refractivity contribution in [1.29, 1.82) is 0 Å². The van der Waals surface area contributed by atoms with Gasteiger partial charge in [0.25, 0.3) is 5.69 Å². The van der Waals surface area contributed by atoms with Crippen LogP contribution in [0.2, 0.25) is 5.02 Å². The Bertz CT molecular complexity index is 429. The second-order valence-electron chi connectivity index (χ2n) is 5.05. The molecule has 1 atom stereocenters. The number of hydrogen-bond donors (Lipinski definition) is 1. The zero-order chi connectivity index (χ0) is 13.2. The number of aromatic nitrogens is 1. The van der Waals surface area contributed by atoms with Crippen LogP contribution in [0.4, 0.5) is 5.69 Å². The zero-order valence-electron chi connectivity index (χ0n) is 10.1. The van der Waals surface area contributed by atoms with Crippen LogP contribution in [0.1, 0.15) is 26.5 Å². The Morgan fingerprint density at radius 3 is 2.65 bits per heavy atom. The Kier molecular flexibility index (Phi) is 4.06. The minimum atomic E-state index is -0.483. The van der Waals surface area contributed by atoms with Gasteiger partial charge in [0.15, 0.2) is 0 Å². The summed E-state index contributed by atoms with van der Waals surface area (Å²) in [4.78, 5) is 14.4. The molecule has 0 aliphatic carbocycles. The molecular formula is C11H16ClN3O2. The van der Waals surface area contributed by atoms with Gasteiger partial charge in [-0.3, -0.25) is 15.1 Å². The topological polar surface area (TPSA) is 82.0 Å². The van der Waals surface area contributed by atoms with Gasteiger partial charge in [-0.1, -0.05) is 32.4 Å². The van der Waals surface area contributed by atoms with Gasteiger partial charge in [0, 0.05) is 24.7 Å². The fraction of sp³-hybridized carbons (Fsp3) is 0.545. The predicted molar refractivity (Wildman–Crippen MR) is 67.0 cm³/mol. The van der Waals surface area contributed by atoms with Crippen LogP contribution < -0.4 is 5.73 Å². The molecule has 0 saturated carbocycles. The van der Waals surface area contributed by atoms with Crippen molar-refractivity contribution in [2.75, 3.05) is 0 Å². The molecule has 0 radical (unpaired) electrons. The van der Waals surface area contributed by atoms with E-state index >= 15 is 0 Å². The molecule has 1 aromatic rings. The fourth-order valence-electron chi connectivity index (χ4n) is 1.29. The number of halogens is 1. The normalized spacial score (nSPS) is 13.5. The Morgan fingerprint density at radius 1 is 1.59 bits per heavy atom. The standard InChI is InChI=1S/C11H16ClN3O2/c1-11(2,3)10(13)5-8-9(15(16)17)4-7(12)6-14-8/h4,6,10H,5,13H2,1-3H3. The first-order chi connectivity index (χ1) is 7.71. The maximum absolute atomic E-state index is 10.9. The molecule has 1 heterocycles. The molecular weight excluding hydrogens is 242 g/mol. The summed E-state index contributed by atoms with van der Waals surface area (Å²) >= 11 is 5.69. The monoisotopic (exact) mass is 257 g/mol. The minimum Gasteiger partial charge on any atom is -0.327 e. The van der Waals surface area contributed by atoms with Crippen molar-refractivity contribution in [2.45, 2.75) is 33.2 Å². The van der Waals surface area contributed by atoms with E-state index in [0.717, 1.165) is 0 Å². The minimum absolute atomic E-state index is 0.0720. The molecule has 1 unspecified atom stereocenters. The first kappa shape index (κ1) is 13.9. The largest absolute Gasteiger partial charge is 0.327 e. The van der Waals surface area contributed by atoms with Crippen LogP contribution in [0.3, 0.4) is 0 Å². The van der Waals surface area contributed by atoms with Crippen LogP contribution >= 0.6 is 11.6 Å². The fourth-order valence-corrected chi connectivity index (χ4v) is 1.44. The molecule has 0 fully saturated rings. The van der Waals surface area contributed by atoms with Crippen LogP contribution in [-0.2, 0) is 6.42 Å². The molecule has 0 aromatic carbocycles. The third-order valence-corrected chi connectivity index (χ3v) is 2.84. The van der Waals surface area contributed by atoms with Crippen LogP contribution in [0.25, 0.3) is 0 Å². The summed E-state index contributed by atoms with van der Waals surface area (Å²) in [7, 11) is 0. The van der Waals surface area contributed by atoms with E-state index in [0.29, 0.717) is 12.1 Å². The van der Waals surface area contributed by atoms with Crippen LogP contribution in [0.15, 0.2) is 12.3 Å². The Labute approximate surface area is 105 Å². The van der Waals surface area contributed by atoms with Gasteiger partial charge in [-0.25, -0.2) is 0 Å². The average molecular weight is 258 g/mol. The van der Waals surface area contributed by atoms with Crippen LogP contribution in [0, 0.1) is 15.5 Å². The molecule has 0 spiro atoms. The molecule has 0 aliphatic rings. The average Bonchev–Trinajstić information content (AvgIpc) is 2.18. The smallest absolute Gasteiger partial charge is 0.292 e. The van der Waals surface area contributed by atoms with E-state index in [9.17, 15) is 10.1 Å². The lowest BCUT2D eigenvalue weighted by atomic mass is 9.84. The summed E-state index contributed by atoms with van der Waals surface area (Å²) in [6.45, 7) is 5.96. The summed E-state index contributed by atoms with van der Waals surface area (Å²) in [5.74, 6) is 0. The lowest BCUT2D eigenvalue weighted by molar-refractivity contribution is -0.386. The van der Waals surface area contributed by atoms with E-state index in [2.05, 4.69) is 4.98 Å². The SMILES string of the molecule is CC(C)(C)C(N)Cc1ncc(Cl)cc1[N+](=O)[O-]. The maximum Gasteiger partial charge on any atom is 0.292 e. The quantitative estimate of drug-likeness (QED) is 0.666. The van der Waals surface area contributed by atoms with Gasteiger partial charge < -0.3 is 5.73 Å². The van der Waals surface area contributed by atoms with Gasteiger partial charge in [0.05, 0.1) is 9.95 Å². The van der Waals surface area contributed by atoms with Gasteiger partial charge in [-0.2, -0.15) is 0 Å². The molecule has 0 saturated heterocycles. The van der Waals surface area contributed by atoms with Crippen molar-refractivity contribution in [3.8, 4) is 0 Å². The van der Waals surface area contributed by atoms with E-state index in [1.807, 2.05) is 20.8 Å². The van der Waals surface area contributed by atoms with Gasteiger partial charge in [0.2, 0.25) is 0 Å². The van der Waals surface area contributed by atoms with Gasteiger partial charge in [-0.15, -0.1) is 0 Å². The third-order valence-electron chi connectivity index (χ3n) is 2.64. The van der Waals surface area contributed by atoms with E-state index in [-0.39, 0.29) is 22.2 Å². The highest BCUT2D eigenvalue weighted by Crippen LogP contribution is 2.26. The van der Waals surface area contributed by atoms with Crippen LogP contribution in [0.5, 0.6) is 0 Å². The van der Waals surface area contributed by atoms with Gasteiger partial charge in [0.1, 0.15) is 5.69 Å². The number of nitrogens with zero attached hydrogens (tertiary/aromatic N) is 2. The van der Waals surface area contributed by atoms with E-state index in [4.69, 9.17) is 17.3 Å². The summed E-state index contributed by atoms with van der Waals surface area (Å²) in [5, 5.41) is 11.1. The number of nitro groups is 1. The summed E-state index contributed by atoms with van der Waals surface area (Å²) in [6, 6.07) is 1.11. The van der Waals surface area contributed by atoms with E-state index < -0.39 is 4.92 Å². The third kappa shape index (κ3) is 3.64. The van der Waals surface area contributed by atoms with E-state index in [1.165, 1.54) is 12.3 Å². The molecule has 2 N–H and O–H groups in total. The lowest BCUT2D eigenvalue weighted by Gasteiger charge is -2.26. The van der Waals surface area contributed by atoms with Crippen LogP contribution in [-0.4, -0.2) is 15.9 Å². The highest BCUT2D eigenvalue weighted by Gasteiger charge is 2.25. The Morgan fingerprint density at radius 2 is 2.18 bits per heavy atom. The molecule has 0 aliphatic heterocycles. The lowest BCUT2D eigenvalue weighted by Crippen LogP contribution is -2.37. The van der Waals surface area contributed by atoms with Gasteiger partial charge >= 0.3 is 0 Å². The van der Waals surface area contributed by atoms with Crippen molar-refractivity contribution in [3.63, 3.8) is 0 Å². The molecule has 17 heavy (non-hydrogen) atoms. The highest BCUT2D eigenvalue weighted by atomic mass is 35.5. The molecule has 94 valence electrons. The molecule has 1 rings (SSSR count). The molecule has 0 bridgehead atoms. The number of rotatable bonds is 3. The van der Waals surface area contributed by atoms with Crippen molar-refractivity contribution in [1.82, 2.24) is 4.98 Å². The van der Waals surface area contributed by atoms with Crippen molar-refractivity contribution < 1.29 is 4.92 Å². The first-order valence-electron chi connectivity index (χ1n) is 5.26. The first-order valence-corrected chi connectivity index (χ1v) is 5.64. The highest BCUT2D eigenvalue weighted by molar-refractivity contribution is 6.30. The Hall–Kier alpha value is -1.20. The summed E-state index contributed by atoms with van der Waals surface area (Å²) in [5.41, 5.74) is 6.17.